The molecule has 1 N–H and O–H groups in total. The molecule has 1 aromatic rings. The molecule has 23 heavy (non-hydrogen) atoms. The molecule has 1 heterocycles. The van der Waals surface area contributed by atoms with Gasteiger partial charge in [-0.05, 0) is 24.7 Å². The Balaban J connectivity index is 0.00000484. The summed E-state index contributed by atoms with van der Waals surface area (Å²) in [4.78, 5) is 6.55. The minimum absolute atomic E-state index is 0. The molecule has 0 bridgehead atoms. The van der Waals surface area contributed by atoms with E-state index in [-0.39, 0.29) is 24.0 Å². The maximum Gasteiger partial charge on any atom is 0.193 e. The smallest absolute Gasteiger partial charge is 0.193 e. The lowest BCUT2D eigenvalue weighted by atomic mass is 10.1. The van der Waals surface area contributed by atoms with Gasteiger partial charge in [0.05, 0.1) is 5.69 Å². The normalized spacial score (nSPS) is 11.8. The van der Waals surface area contributed by atoms with Crippen LogP contribution >= 0.6 is 24.0 Å². The van der Waals surface area contributed by atoms with Gasteiger partial charge < -0.3 is 10.2 Å². The lowest BCUT2D eigenvalue weighted by Gasteiger charge is -2.22. The van der Waals surface area contributed by atoms with E-state index < -0.39 is 0 Å². The zero-order valence-electron chi connectivity index (χ0n) is 15.8. The Bertz CT molecular complexity index is 479. The first kappa shape index (κ1) is 22.2. The maximum absolute atomic E-state index is 4.57. The molecule has 0 saturated heterocycles. The second kappa shape index (κ2) is 10.9. The molecule has 1 rings (SSSR count). The summed E-state index contributed by atoms with van der Waals surface area (Å²) < 4.78 is 1.90. The van der Waals surface area contributed by atoms with E-state index in [1.54, 1.807) is 0 Å². The summed E-state index contributed by atoms with van der Waals surface area (Å²) in [5.74, 6) is 2.14. The molecule has 0 unspecified atom stereocenters. The topological polar surface area (TPSA) is 45.5 Å². The van der Waals surface area contributed by atoms with E-state index in [9.17, 15) is 0 Å². The standard InChI is InChI=1S/C17H33N5.HI/c1-13(2)9-8-10-19-17(18-5)21(6)11-15-12-22(7)20-16(15)14(3)4;/h12-14H,8-11H2,1-7H3,(H,18,19);1H. The molecule has 1 aromatic heterocycles. The summed E-state index contributed by atoms with van der Waals surface area (Å²) in [6.07, 6.45) is 4.53. The Labute approximate surface area is 158 Å². The number of halogens is 1. The molecule has 0 spiro atoms. The Morgan fingerprint density at radius 3 is 2.52 bits per heavy atom. The first-order chi connectivity index (χ1) is 10.3. The lowest BCUT2D eigenvalue weighted by molar-refractivity contribution is 0.467. The minimum atomic E-state index is 0. The molecule has 134 valence electrons. The van der Waals surface area contributed by atoms with Crippen LogP contribution in [-0.2, 0) is 13.6 Å². The van der Waals surface area contributed by atoms with Gasteiger partial charge in [-0.25, -0.2) is 0 Å². The van der Waals surface area contributed by atoms with Crippen LogP contribution < -0.4 is 5.32 Å². The number of hydrogen-bond donors (Lipinski definition) is 1. The molecular weight excluding hydrogens is 401 g/mol. The number of aromatic nitrogens is 2. The van der Waals surface area contributed by atoms with Gasteiger partial charge in [-0.2, -0.15) is 5.10 Å². The average molecular weight is 435 g/mol. The van der Waals surface area contributed by atoms with E-state index in [0.29, 0.717) is 5.92 Å². The van der Waals surface area contributed by atoms with Crippen molar-refractivity contribution < 1.29 is 0 Å². The van der Waals surface area contributed by atoms with Crippen molar-refractivity contribution in [1.82, 2.24) is 20.0 Å². The molecule has 0 saturated carbocycles. The van der Waals surface area contributed by atoms with Gasteiger partial charge in [0.1, 0.15) is 0 Å². The maximum atomic E-state index is 4.57. The summed E-state index contributed by atoms with van der Waals surface area (Å²) in [5.41, 5.74) is 2.44. The number of guanidine groups is 1. The van der Waals surface area contributed by atoms with Crippen LogP contribution in [0.4, 0.5) is 0 Å². The van der Waals surface area contributed by atoms with E-state index in [1.165, 1.54) is 24.1 Å². The van der Waals surface area contributed by atoms with Crippen LogP contribution in [0.3, 0.4) is 0 Å². The highest BCUT2D eigenvalue weighted by Crippen LogP contribution is 2.18. The molecule has 0 fully saturated rings. The third-order valence-corrected chi connectivity index (χ3v) is 3.71. The number of nitrogens with zero attached hydrogens (tertiary/aromatic N) is 4. The van der Waals surface area contributed by atoms with Gasteiger partial charge in [0.15, 0.2) is 5.96 Å². The van der Waals surface area contributed by atoms with Gasteiger partial charge in [0, 0.05) is 46.0 Å². The van der Waals surface area contributed by atoms with Crippen LogP contribution in [0.1, 0.15) is 57.7 Å². The van der Waals surface area contributed by atoms with Gasteiger partial charge in [0.2, 0.25) is 0 Å². The van der Waals surface area contributed by atoms with E-state index in [2.05, 4.69) is 61.2 Å². The zero-order chi connectivity index (χ0) is 16.7. The van der Waals surface area contributed by atoms with Crippen molar-refractivity contribution in [1.29, 1.82) is 0 Å². The number of aryl methyl sites for hydroxylation is 1. The predicted molar refractivity (Wildman–Crippen MR) is 110 cm³/mol. The molecule has 0 aliphatic heterocycles. The molecule has 5 nitrogen and oxygen atoms in total. The fourth-order valence-corrected chi connectivity index (χ4v) is 2.59. The predicted octanol–water partition coefficient (Wildman–Crippen LogP) is 3.60. The van der Waals surface area contributed by atoms with Crippen LogP contribution in [-0.4, -0.2) is 41.3 Å². The monoisotopic (exact) mass is 435 g/mol. The third kappa shape index (κ3) is 7.54. The first-order valence-corrected chi connectivity index (χ1v) is 8.29. The van der Waals surface area contributed by atoms with Gasteiger partial charge >= 0.3 is 0 Å². The second-order valence-corrected chi connectivity index (χ2v) is 6.73. The fraction of sp³-hybridized carbons (Fsp3) is 0.765. The summed E-state index contributed by atoms with van der Waals surface area (Å²) in [6, 6.07) is 0. The number of hydrogen-bond acceptors (Lipinski definition) is 2. The van der Waals surface area contributed by atoms with Crippen LogP contribution in [0.5, 0.6) is 0 Å². The van der Waals surface area contributed by atoms with Crippen molar-refractivity contribution in [2.75, 3.05) is 20.6 Å². The van der Waals surface area contributed by atoms with E-state index >= 15 is 0 Å². The van der Waals surface area contributed by atoms with E-state index in [1.807, 2.05) is 18.8 Å². The first-order valence-electron chi connectivity index (χ1n) is 8.29. The molecule has 0 radical (unpaired) electrons. The van der Waals surface area contributed by atoms with Crippen LogP contribution in [0.2, 0.25) is 0 Å². The van der Waals surface area contributed by atoms with Crippen LogP contribution in [0.15, 0.2) is 11.2 Å². The Kier molecular flexibility index (Phi) is 10.5. The fourth-order valence-electron chi connectivity index (χ4n) is 2.59. The van der Waals surface area contributed by atoms with Crippen molar-refractivity contribution >= 4 is 29.9 Å². The molecule has 0 amide bonds. The summed E-state index contributed by atoms with van der Waals surface area (Å²) in [5, 5.41) is 8.02. The Morgan fingerprint density at radius 1 is 1.35 bits per heavy atom. The van der Waals surface area contributed by atoms with Gasteiger partial charge in [-0.15, -0.1) is 24.0 Å². The highest BCUT2D eigenvalue weighted by Gasteiger charge is 2.14. The molecule has 0 aliphatic carbocycles. The largest absolute Gasteiger partial charge is 0.356 e. The molecule has 6 heteroatoms. The molecular formula is C17H34IN5. The van der Waals surface area contributed by atoms with Crippen molar-refractivity contribution in [2.24, 2.45) is 18.0 Å². The van der Waals surface area contributed by atoms with Crippen molar-refractivity contribution in [3.8, 4) is 0 Å². The van der Waals surface area contributed by atoms with Gasteiger partial charge in [0.25, 0.3) is 0 Å². The average Bonchev–Trinajstić information content (AvgIpc) is 2.79. The number of aliphatic imine (C=N–C) groups is 1. The SMILES string of the molecule is CN=C(NCCCC(C)C)N(C)Cc1cn(C)nc1C(C)C.I. The van der Waals surface area contributed by atoms with Crippen LogP contribution in [0.25, 0.3) is 0 Å². The zero-order valence-corrected chi connectivity index (χ0v) is 18.1. The van der Waals surface area contributed by atoms with Gasteiger partial charge in [-0.1, -0.05) is 27.7 Å². The summed E-state index contributed by atoms with van der Waals surface area (Å²) in [7, 11) is 5.90. The van der Waals surface area contributed by atoms with Crippen molar-refractivity contribution in [3.05, 3.63) is 17.5 Å². The minimum Gasteiger partial charge on any atom is -0.356 e. The number of rotatable bonds is 7. The van der Waals surface area contributed by atoms with Crippen LogP contribution in [0, 0.1) is 5.92 Å². The molecule has 0 aromatic carbocycles. The second-order valence-electron chi connectivity index (χ2n) is 6.73. The Hall–Kier alpha value is -0.790. The summed E-state index contributed by atoms with van der Waals surface area (Å²) >= 11 is 0. The summed E-state index contributed by atoms with van der Waals surface area (Å²) in [6.45, 7) is 10.7. The van der Waals surface area contributed by atoms with Crippen molar-refractivity contribution in [3.63, 3.8) is 0 Å². The third-order valence-electron chi connectivity index (χ3n) is 3.71. The number of nitrogens with one attached hydrogen (secondary N) is 1. The quantitative estimate of drug-likeness (QED) is 0.308. The highest BCUT2D eigenvalue weighted by molar-refractivity contribution is 14.0. The van der Waals surface area contributed by atoms with E-state index in [0.717, 1.165) is 25.0 Å². The van der Waals surface area contributed by atoms with E-state index in [4.69, 9.17) is 0 Å². The highest BCUT2D eigenvalue weighted by atomic mass is 127. The molecule has 0 atom stereocenters. The molecule has 0 aliphatic rings. The van der Waals surface area contributed by atoms with Gasteiger partial charge in [-0.3, -0.25) is 9.67 Å². The van der Waals surface area contributed by atoms with Crippen molar-refractivity contribution in [2.45, 2.75) is 53.0 Å². The lowest BCUT2D eigenvalue weighted by Crippen LogP contribution is -2.39. The Morgan fingerprint density at radius 2 is 2.00 bits per heavy atom.